The number of hydrogen-bond donors (Lipinski definition) is 0. The Balaban J connectivity index is 2.22. The first kappa shape index (κ1) is 11.4. The van der Waals surface area contributed by atoms with E-state index in [0.717, 1.165) is 19.3 Å². The van der Waals surface area contributed by atoms with Gasteiger partial charge >= 0.3 is 0 Å². The number of nitriles is 1. The number of carbonyl (C=O) groups is 1. The highest BCUT2D eigenvalue weighted by Crippen LogP contribution is 2.62. The smallest absolute Gasteiger partial charge is 0.153 e. The van der Waals surface area contributed by atoms with Crippen LogP contribution in [0.4, 0.5) is 0 Å². The van der Waals surface area contributed by atoms with Crippen LogP contribution in [0.5, 0.6) is 0 Å². The van der Waals surface area contributed by atoms with E-state index in [1.54, 1.807) is 0 Å². The molecule has 0 amide bonds. The molecule has 3 saturated carbocycles. The molecule has 3 rings (SSSR count). The fourth-order valence-corrected chi connectivity index (χ4v) is 3.67. The fraction of sp³-hybridized carbons (Fsp3) is 0.714. The van der Waals surface area contributed by atoms with Gasteiger partial charge in [0.2, 0.25) is 0 Å². The van der Waals surface area contributed by atoms with E-state index in [1.807, 2.05) is 6.08 Å². The molecule has 16 heavy (non-hydrogen) atoms. The van der Waals surface area contributed by atoms with Gasteiger partial charge in [0.15, 0.2) is 5.78 Å². The molecule has 0 saturated heterocycles. The molecule has 0 aliphatic heterocycles. The average molecular weight is 217 g/mol. The van der Waals surface area contributed by atoms with Crippen LogP contribution in [0.15, 0.2) is 12.7 Å². The topological polar surface area (TPSA) is 40.9 Å². The summed E-state index contributed by atoms with van der Waals surface area (Å²) in [7, 11) is 0. The summed E-state index contributed by atoms with van der Waals surface area (Å²) >= 11 is 0. The van der Waals surface area contributed by atoms with Gasteiger partial charge in [-0.05, 0) is 36.5 Å². The summed E-state index contributed by atoms with van der Waals surface area (Å²) in [6, 6.07) is 2.23. The number of carbonyl (C=O) groups excluding carboxylic acids is 1. The molecule has 0 spiro atoms. The molecule has 4 atom stereocenters. The first-order valence-electron chi connectivity index (χ1n) is 6.08. The lowest BCUT2D eigenvalue weighted by Crippen LogP contribution is -2.60. The zero-order chi connectivity index (χ0) is 11.9. The van der Waals surface area contributed by atoms with Crippen LogP contribution in [0.3, 0.4) is 0 Å². The number of Topliss-reactive ketones (excluding diaryl/α,β-unsaturated/α-hetero) is 1. The first-order valence-corrected chi connectivity index (χ1v) is 6.08. The van der Waals surface area contributed by atoms with Crippen LogP contribution < -0.4 is 0 Å². The van der Waals surface area contributed by atoms with E-state index >= 15 is 0 Å². The summed E-state index contributed by atoms with van der Waals surface area (Å²) in [4.78, 5) is 12.1. The molecule has 0 heterocycles. The molecule has 2 bridgehead atoms. The third-order valence-corrected chi connectivity index (χ3v) is 4.78. The maximum atomic E-state index is 12.1. The van der Waals surface area contributed by atoms with Crippen LogP contribution in [0.1, 0.15) is 33.1 Å². The number of nitrogens with zero attached hydrogens (tertiary/aromatic N) is 1. The van der Waals surface area contributed by atoms with Crippen molar-refractivity contribution in [3.63, 3.8) is 0 Å². The lowest BCUT2D eigenvalue weighted by Gasteiger charge is -2.60. The van der Waals surface area contributed by atoms with Crippen molar-refractivity contribution in [1.29, 1.82) is 5.26 Å². The summed E-state index contributed by atoms with van der Waals surface area (Å²) < 4.78 is 0. The van der Waals surface area contributed by atoms with Gasteiger partial charge in [-0.15, -0.1) is 6.58 Å². The van der Waals surface area contributed by atoms with Crippen molar-refractivity contribution in [3.05, 3.63) is 12.7 Å². The summed E-state index contributed by atoms with van der Waals surface area (Å²) in [5.74, 6) is 0.804. The Morgan fingerprint density at radius 3 is 2.81 bits per heavy atom. The third-order valence-electron chi connectivity index (χ3n) is 4.78. The fourth-order valence-electron chi connectivity index (χ4n) is 3.67. The van der Waals surface area contributed by atoms with Crippen LogP contribution in [-0.2, 0) is 4.79 Å². The number of ketones is 1. The molecular formula is C14H19NO. The Hall–Kier alpha value is -1.10. The second-order valence-electron chi connectivity index (χ2n) is 5.76. The Kier molecular flexibility index (Phi) is 2.66. The summed E-state index contributed by atoms with van der Waals surface area (Å²) in [6.45, 7) is 8.08. The predicted molar refractivity (Wildman–Crippen MR) is 62.4 cm³/mol. The van der Waals surface area contributed by atoms with Crippen molar-refractivity contribution in [2.45, 2.75) is 33.1 Å². The lowest BCUT2D eigenvalue weighted by molar-refractivity contribution is -0.165. The van der Waals surface area contributed by atoms with Gasteiger partial charge in [-0.1, -0.05) is 19.9 Å². The van der Waals surface area contributed by atoms with Crippen molar-refractivity contribution in [1.82, 2.24) is 0 Å². The van der Waals surface area contributed by atoms with Gasteiger partial charge in [0.1, 0.15) is 5.92 Å². The molecule has 2 nitrogen and oxygen atoms in total. The van der Waals surface area contributed by atoms with E-state index < -0.39 is 0 Å². The second-order valence-corrected chi connectivity index (χ2v) is 5.76. The first-order chi connectivity index (χ1) is 7.54. The Bertz CT molecular complexity index is 363. The van der Waals surface area contributed by atoms with Crippen LogP contribution in [-0.4, -0.2) is 5.78 Å². The maximum Gasteiger partial charge on any atom is 0.153 e. The molecule has 3 aliphatic rings. The van der Waals surface area contributed by atoms with E-state index in [4.69, 9.17) is 5.26 Å². The van der Waals surface area contributed by atoms with Gasteiger partial charge < -0.3 is 0 Å². The van der Waals surface area contributed by atoms with Crippen LogP contribution in [0, 0.1) is 40.4 Å². The van der Waals surface area contributed by atoms with Crippen molar-refractivity contribution >= 4 is 5.78 Å². The highest BCUT2D eigenvalue weighted by molar-refractivity contribution is 5.89. The molecule has 3 fully saturated rings. The van der Waals surface area contributed by atoms with E-state index in [1.165, 1.54) is 0 Å². The minimum absolute atomic E-state index is 0.121. The van der Waals surface area contributed by atoms with Crippen LogP contribution in [0.25, 0.3) is 0 Å². The monoisotopic (exact) mass is 217 g/mol. The summed E-state index contributed by atoms with van der Waals surface area (Å²) in [6.07, 6.45) is 4.74. The van der Waals surface area contributed by atoms with Gasteiger partial charge in [-0.25, -0.2) is 0 Å². The molecule has 0 aromatic rings. The Morgan fingerprint density at radius 1 is 1.62 bits per heavy atom. The quantitative estimate of drug-likeness (QED) is 0.682. The number of fused-ring (bicyclic) bond motifs is 2. The van der Waals surface area contributed by atoms with Crippen LogP contribution >= 0.6 is 0 Å². The molecular weight excluding hydrogens is 198 g/mol. The lowest BCUT2D eigenvalue weighted by atomic mass is 9.42. The summed E-state index contributed by atoms with van der Waals surface area (Å²) in [5.41, 5.74) is 0.121. The Labute approximate surface area is 97.3 Å². The molecule has 0 aromatic carbocycles. The molecule has 0 radical (unpaired) electrons. The molecule has 0 N–H and O–H groups in total. The zero-order valence-corrected chi connectivity index (χ0v) is 10.1. The van der Waals surface area contributed by atoms with Crippen LogP contribution in [0.2, 0.25) is 0 Å². The standard InChI is InChI=1S/C14H19NO/c1-4-5-6-9-10(8-15)13(16)12-7-11(9)14(12,2)3/h4,9-12H,1,5-7H2,2-3H3/t9-,10-,11-,12+/m1/s1. The van der Waals surface area contributed by atoms with Gasteiger partial charge in [0.25, 0.3) is 0 Å². The molecule has 86 valence electrons. The maximum absolute atomic E-state index is 12.1. The van der Waals surface area contributed by atoms with E-state index in [2.05, 4.69) is 26.5 Å². The zero-order valence-electron chi connectivity index (χ0n) is 10.1. The van der Waals surface area contributed by atoms with E-state index in [0.29, 0.717) is 5.92 Å². The molecule has 0 aromatic heterocycles. The summed E-state index contributed by atoms with van der Waals surface area (Å²) in [5, 5.41) is 9.14. The Morgan fingerprint density at radius 2 is 2.31 bits per heavy atom. The van der Waals surface area contributed by atoms with Crippen molar-refractivity contribution in [3.8, 4) is 6.07 Å². The number of allylic oxidation sites excluding steroid dienone is 1. The minimum atomic E-state index is -0.350. The highest BCUT2D eigenvalue weighted by Gasteiger charge is 2.61. The van der Waals surface area contributed by atoms with Gasteiger partial charge in [-0.3, -0.25) is 4.79 Å². The third kappa shape index (κ3) is 1.34. The van der Waals surface area contributed by atoms with E-state index in [9.17, 15) is 4.79 Å². The average Bonchev–Trinajstić information content (AvgIpc) is 2.24. The van der Waals surface area contributed by atoms with Crippen molar-refractivity contribution in [2.24, 2.45) is 29.1 Å². The normalized spacial score (nSPS) is 39.7. The van der Waals surface area contributed by atoms with Gasteiger partial charge in [0, 0.05) is 5.92 Å². The van der Waals surface area contributed by atoms with Crippen molar-refractivity contribution in [2.75, 3.05) is 0 Å². The largest absolute Gasteiger partial charge is 0.298 e. The second kappa shape index (κ2) is 3.73. The molecule has 2 heteroatoms. The van der Waals surface area contributed by atoms with Gasteiger partial charge in [0.05, 0.1) is 6.07 Å². The van der Waals surface area contributed by atoms with Gasteiger partial charge in [-0.2, -0.15) is 5.26 Å². The predicted octanol–water partition coefficient (Wildman–Crippen LogP) is 2.95. The number of hydrogen-bond acceptors (Lipinski definition) is 2. The SMILES string of the molecule is C=CCC[C@H]1[C@H]2C[C@@H](C(=O)[C@@H]1C#N)C2(C)C. The molecule has 3 aliphatic carbocycles. The highest BCUT2D eigenvalue weighted by atomic mass is 16.1. The van der Waals surface area contributed by atoms with Crippen molar-refractivity contribution < 1.29 is 4.79 Å². The van der Waals surface area contributed by atoms with E-state index in [-0.39, 0.29) is 29.0 Å². The molecule has 0 unspecified atom stereocenters. The number of rotatable bonds is 3. The minimum Gasteiger partial charge on any atom is -0.298 e.